The van der Waals surface area contributed by atoms with E-state index >= 15 is 0 Å². The molecule has 3 aromatic carbocycles. The minimum Gasteiger partial charge on any atom is -0.484 e. The van der Waals surface area contributed by atoms with Crippen LogP contribution in [0.5, 0.6) is 5.75 Å². The zero-order valence-corrected chi connectivity index (χ0v) is 22.3. The first-order chi connectivity index (χ1) is 18.0. The highest BCUT2D eigenvalue weighted by atomic mass is 79.9. The van der Waals surface area contributed by atoms with Gasteiger partial charge in [-0.05, 0) is 60.4 Å². The van der Waals surface area contributed by atoms with Crippen LogP contribution in [0.2, 0.25) is 0 Å². The summed E-state index contributed by atoms with van der Waals surface area (Å²) in [6.45, 7) is -0.0116. The van der Waals surface area contributed by atoms with Gasteiger partial charge >= 0.3 is 0 Å². The predicted octanol–water partition coefficient (Wildman–Crippen LogP) is 6.06. The van der Waals surface area contributed by atoms with Gasteiger partial charge in [0.05, 0.1) is 0 Å². The van der Waals surface area contributed by atoms with E-state index in [-0.39, 0.29) is 36.8 Å². The van der Waals surface area contributed by atoms with Gasteiger partial charge in [0, 0.05) is 23.5 Å². The molecule has 0 spiro atoms. The molecule has 0 bridgehead atoms. The molecule has 0 radical (unpaired) electrons. The molecule has 0 heterocycles. The maximum Gasteiger partial charge on any atom is 0.261 e. The van der Waals surface area contributed by atoms with Gasteiger partial charge in [-0.3, -0.25) is 9.59 Å². The van der Waals surface area contributed by atoms with Crippen molar-refractivity contribution in [1.82, 2.24) is 10.2 Å². The summed E-state index contributed by atoms with van der Waals surface area (Å²) in [4.78, 5) is 29.0. The Morgan fingerprint density at radius 1 is 0.946 bits per heavy atom. The van der Waals surface area contributed by atoms with Crippen LogP contribution in [-0.4, -0.2) is 35.4 Å². The van der Waals surface area contributed by atoms with Crippen LogP contribution in [0.4, 0.5) is 4.39 Å². The molecule has 1 unspecified atom stereocenters. The smallest absolute Gasteiger partial charge is 0.261 e. The van der Waals surface area contributed by atoms with Crippen molar-refractivity contribution in [3.63, 3.8) is 0 Å². The molecule has 0 saturated heterocycles. The second kappa shape index (κ2) is 13.4. The highest BCUT2D eigenvalue weighted by Gasteiger charge is 2.32. The minimum atomic E-state index is -0.715. The summed E-state index contributed by atoms with van der Waals surface area (Å²) in [7, 11) is 0. The summed E-state index contributed by atoms with van der Waals surface area (Å²) < 4.78 is 19.9. The van der Waals surface area contributed by atoms with Crippen LogP contribution in [0.25, 0.3) is 0 Å². The summed E-state index contributed by atoms with van der Waals surface area (Å²) in [6, 6.07) is 22.4. The van der Waals surface area contributed by atoms with Crippen LogP contribution in [0.3, 0.4) is 0 Å². The van der Waals surface area contributed by atoms with Crippen LogP contribution in [0, 0.1) is 5.82 Å². The van der Waals surface area contributed by atoms with E-state index in [0.717, 1.165) is 41.3 Å². The zero-order chi connectivity index (χ0) is 26.0. The number of nitrogens with zero attached hydrogens (tertiary/aromatic N) is 1. The average molecular weight is 567 g/mol. The van der Waals surface area contributed by atoms with Crippen LogP contribution in [0.1, 0.15) is 43.2 Å². The summed E-state index contributed by atoms with van der Waals surface area (Å²) >= 11 is 3.50. The maximum absolute atomic E-state index is 13.7. The minimum absolute atomic E-state index is 0.123. The van der Waals surface area contributed by atoms with E-state index in [2.05, 4.69) is 21.2 Å². The number of carbonyl (C=O) groups excluding carboxylic acids is 2. The number of nitrogens with one attached hydrogen (secondary N) is 1. The fourth-order valence-electron chi connectivity index (χ4n) is 4.69. The Hall–Kier alpha value is -3.19. The Bertz CT molecular complexity index is 1170. The number of ether oxygens (including phenoxy) is 1. The van der Waals surface area contributed by atoms with E-state index in [1.54, 1.807) is 4.90 Å². The fraction of sp³-hybridized carbons (Fsp3) is 0.333. The number of hydrogen-bond acceptors (Lipinski definition) is 3. The third-order valence-electron chi connectivity index (χ3n) is 6.64. The molecule has 1 N–H and O–H groups in total. The molecule has 7 heteroatoms. The van der Waals surface area contributed by atoms with Crippen molar-refractivity contribution in [1.29, 1.82) is 0 Å². The number of carbonyl (C=O) groups is 2. The normalized spacial score (nSPS) is 14.5. The zero-order valence-electron chi connectivity index (χ0n) is 20.7. The van der Waals surface area contributed by atoms with Crippen molar-refractivity contribution in [3.05, 3.63) is 100 Å². The van der Waals surface area contributed by atoms with E-state index in [4.69, 9.17) is 4.74 Å². The fourth-order valence-corrected chi connectivity index (χ4v) is 5.14. The van der Waals surface area contributed by atoms with Gasteiger partial charge in [-0.25, -0.2) is 4.39 Å². The van der Waals surface area contributed by atoms with Gasteiger partial charge in [0.15, 0.2) is 6.61 Å². The molecule has 0 aromatic heterocycles. The maximum atomic E-state index is 13.7. The van der Waals surface area contributed by atoms with Crippen LogP contribution >= 0.6 is 15.9 Å². The largest absolute Gasteiger partial charge is 0.484 e. The van der Waals surface area contributed by atoms with Crippen LogP contribution < -0.4 is 10.1 Å². The molecule has 0 aliphatic heterocycles. The number of rotatable bonds is 10. The first-order valence-corrected chi connectivity index (χ1v) is 13.5. The van der Waals surface area contributed by atoms with Gasteiger partial charge in [0.25, 0.3) is 5.91 Å². The van der Waals surface area contributed by atoms with Crippen molar-refractivity contribution in [2.75, 3.05) is 6.61 Å². The van der Waals surface area contributed by atoms with Gasteiger partial charge in [0.2, 0.25) is 5.91 Å². The molecule has 2 amide bonds. The molecule has 1 aliphatic carbocycles. The lowest BCUT2D eigenvalue weighted by Crippen LogP contribution is -2.53. The van der Waals surface area contributed by atoms with Crippen molar-refractivity contribution in [2.24, 2.45) is 0 Å². The molecular formula is C30H32BrFN2O3. The molecule has 1 aliphatic rings. The standard InChI is InChI=1S/C30H32BrFN2O3/c31-24-11-7-10-23(18-24)20-34(29(35)21-37-27-16-14-25(32)15-17-27)28(19-22-8-3-1-4-9-22)30(36)33-26-12-5-2-6-13-26/h1,3-4,7-11,14-18,26,28H,2,5-6,12-13,19-21H2,(H,33,36). The summed E-state index contributed by atoms with van der Waals surface area (Å²) in [5, 5.41) is 3.23. The van der Waals surface area contributed by atoms with E-state index in [0.29, 0.717) is 12.2 Å². The molecular weight excluding hydrogens is 535 g/mol. The first-order valence-electron chi connectivity index (χ1n) is 12.7. The molecule has 37 heavy (non-hydrogen) atoms. The molecule has 4 rings (SSSR count). The Balaban J connectivity index is 1.60. The van der Waals surface area contributed by atoms with E-state index < -0.39 is 6.04 Å². The molecule has 1 saturated carbocycles. The van der Waals surface area contributed by atoms with E-state index in [1.807, 2.05) is 54.6 Å². The monoisotopic (exact) mass is 566 g/mol. The third kappa shape index (κ3) is 8.15. The van der Waals surface area contributed by atoms with Gasteiger partial charge < -0.3 is 15.0 Å². The quantitative estimate of drug-likeness (QED) is 0.324. The van der Waals surface area contributed by atoms with Gasteiger partial charge in [-0.1, -0.05) is 77.7 Å². The molecule has 3 aromatic rings. The second-order valence-corrected chi connectivity index (χ2v) is 10.4. The average Bonchev–Trinajstić information content (AvgIpc) is 2.91. The molecule has 1 fully saturated rings. The lowest BCUT2D eigenvalue weighted by molar-refractivity contribution is -0.143. The summed E-state index contributed by atoms with van der Waals surface area (Å²) in [5.74, 6) is -0.453. The summed E-state index contributed by atoms with van der Waals surface area (Å²) in [5.41, 5.74) is 1.87. The Morgan fingerprint density at radius 2 is 1.65 bits per heavy atom. The Kier molecular flexibility index (Phi) is 9.71. The van der Waals surface area contributed by atoms with Crippen molar-refractivity contribution < 1.29 is 18.7 Å². The number of halogens is 2. The molecule has 194 valence electrons. The second-order valence-electron chi connectivity index (χ2n) is 9.44. The molecule has 1 atom stereocenters. The Morgan fingerprint density at radius 3 is 2.35 bits per heavy atom. The highest BCUT2D eigenvalue weighted by molar-refractivity contribution is 9.10. The summed E-state index contributed by atoms with van der Waals surface area (Å²) in [6.07, 6.45) is 5.68. The first kappa shape index (κ1) is 26.9. The van der Waals surface area contributed by atoms with Gasteiger partial charge in [-0.15, -0.1) is 0 Å². The lowest BCUT2D eigenvalue weighted by atomic mass is 9.94. The van der Waals surface area contributed by atoms with Gasteiger partial charge in [-0.2, -0.15) is 0 Å². The van der Waals surface area contributed by atoms with E-state index in [1.165, 1.54) is 30.7 Å². The van der Waals surface area contributed by atoms with E-state index in [9.17, 15) is 14.0 Å². The van der Waals surface area contributed by atoms with Gasteiger partial charge in [0.1, 0.15) is 17.6 Å². The third-order valence-corrected chi connectivity index (χ3v) is 7.13. The van der Waals surface area contributed by atoms with Crippen molar-refractivity contribution in [3.8, 4) is 5.75 Å². The van der Waals surface area contributed by atoms with Crippen molar-refractivity contribution in [2.45, 2.75) is 57.2 Å². The van der Waals surface area contributed by atoms with Crippen LogP contribution in [0.15, 0.2) is 83.3 Å². The number of hydrogen-bond donors (Lipinski definition) is 1. The molecule has 5 nitrogen and oxygen atoms in total. The van der Waals surface area contributed by atoms with Crippen molar-refractivity contribution >= 4 is 27.7 Å². The Labute approximate surface area is 226 Å². The highest BCUT2D eigenvalue weighted by Crippen LogP contribution is 2.21. The SMILES string of the molecule is O=C(NC1CCCCC1)C(Cc1ccccc1)N(Cc1cccc(Br)c1)C(=O)COc1ccc(F)cc1. The number of amides is 2. The topological polar surface area (TPSA) is 58.6 Å². The lowest BCUT2D eigenvalue weighted by Gasteiger charge is -2.33. The predicted molar refractivity (Wildman–Crippen MR) is 146 cm³/mol. The van der Waals surface area contributed by atoms with Crippen LogP contribution in [-0.2, 0) is 22.6 Å². The number of benzene rings is 3.